The Morgan fingerprint density at radius 2 is 1.82 bits per heavy atom. The lowest BCUT2D eigenvalue weighted by molar-refractivity contribution is -0.113. The van der Waals surface area contributed by atoms with Crippen molar-refractivity contribution in [2.24, 2.45) is 5.92 Å². The van der Waals surface area contributed by atoms with Gasteiger partial charge in [-0.1, -0.05) is 39.7 Å². The number of aliphatic hydroxyl groups excluding tert-OH is 1. The number of allylic oxidation sites excluding steroid dienone is 2. The number of unbranched alkanes of at least 4 members (excludes halogenated alkanes) is 1. The molecule has 1 N–H and O–H groups in total. The molecule has 100 valence electrons. The molecule has 0 bridgehead atoms. The number of aliphatic hydroxyl groups is 1. The van der Waals surface area contributed by atoms with Crippen LogP contribution in [-0.2, 0) is 9.59 Å². The van der Waals surface area contributed by atoms with Crippen molar-refractivity contribution >= 4 is 12.6 Å². The van der Waals surface area contributed by atoms with Gasteiger partial charge in [0.05, 0.1) is 6.10 Å². The van der Waals surface area contributed by atoms with E-state index in [2.05, 4.69) is 6.92 Å². The number of aldehydes is 2. The van der Waals surface area contributed by atoms with Gasteiger partial charge in [-0.3, -0.25) is 4.79 Å². The highest BCUT2D eigenvalue weighted by molar-refractivity contribution is 5.71. The Morgan fingerprint density at radius 3 is 2.18 bits per heavy atom. The average Bonchev–Trinajstić information content (AvgIpc) is 2.35. The van der Waals surface area contributed by atoms with Gasteiger partial charge in [0, 0.05) is 5.92 Å². The van der Waals surface area contributed by atoms with Crippen LogP contribution >= 0.6 is 0 Å². The normalized spacial score (nSPS) is 14.3. The summed E-state index contributed by atoms with van der Waals surface area (Å²) in [5, 5.41) is 9.09. The molecule has 0 aromatic heterocycles. The molecule has 0 heterocycles. The van der Waals surface area contributed by atoms with Gasteiger partial charge in [0.25, 0.3) is 0 Å². The van der Waals surface area contributed by atoms with Crippen LogP contribution in [0.4, 0.5) is 0 Å². The Hall–Kier alpha value is -0.960. The number of hydrogen-bond acceptors (Lipinski definition) is 3. The Morgan fingerprint density at radius 1 is 1.24 bits per heavy atom. The molecule has 0 radical (unpaired) electrons. The molecule has 2 unspecified atom stereocenters. The lowest BCUT2D eigenvalue weighted by Crippen LogP contribution is -2.17. The van der Waals surface area contributed by atoms with E-state index in [-0.39, 0.29) is 5.92 Å². The maximum atomic E-state index is 10.1. The van der Waals surface area contributed by atoms with Gasteiger partial charge in [0.2, 0.25) is 0 Å². The zero-order chi connectivity index (χ0) is 13.7. The molecule has 0 aliphatic rings. The van der Waals surface area contributed by atoms with E-state index < -0.39 is 6.10 Å². The monoisotopic (exact) mass is 242 g/mol. The van der Waals surface area contributed by atoms with Gasteiger partial charge in [-0.25, -0.2) is 0 Å². The van der Waals surface area contributed by atoms with Crippen LogP contribution in [0, 0.1) is 5.92 Å². The molecule has 17 heavy (non-hydrogen) atoms. The molecule has 0 saturated carbocycles. The summed E-state index contributed by atoms with van der Waals surface area (Å²) in [6.45, 7) is 7.63. The molecule has 2 atom stereocenters. The minimum Gasteiger partial charge on any atom is -0.392 e. The molecule has 0 saturated heterocycles. The van der Waals surface area contributed by atoms with Gasteiger partial charge in [0.1, 0.15) is 12.6 Å². The zero-order valence-electron chi connectivity index (χ0n) is 11.5. The molecule has 0 aromatic rings. The summed E-state index contributed by atoms with van der Waals surface area (Å²) in [4.78, 5) is 20.0. The summed E-state index contributed by atoms with van der Waals surface area (Å²) >= 11 is 0. The third-order valence-corrected chi connectivity index (χ3v) is 2.35. The van der Waals surface area contributed by atoms with Gasteiger partial charge in [-0.2, -0.15) is 0 Å². The third kappa shape index (κ3) is 13.0. The SMILES string of the molecule is CCC/C=C(\C)C=O.CCCC(O)C(C)C=O. The van der Waals surface area contributed by atoms with Crippen molar-refractivity contribution in [2.75, 3.05) is 0 Å². The van der Waals surface area contributed by atoms with Crippen molar-refractivity contribution in [1.29, 1.82) is 0 Å². The van der Waals surface area contributed by atoms with E-state index in [4.69, 9.17) is 5.11 Å². The molecule has 0 rings (SSSR count). The molecular formula is C14H26O3. The van der Waals surface area contributed by atoms with E-state index in [9.17, 15) is 9.59 Å². The molecule has 0 spiro atoms. The summed E-state index contributed by atoms with van der Waals surface area (Å²) in [5.41, 5.74) is 0.840. The smallest absolute Gasteiger partial charge is 0.145 e. The molecule has 0 aromatic carbocycles. The first-order chi connectivity index (χ1) is 8.03. The van der Waals surface area contributed by atoms with Crippen LogP contribution in [-0.4, -0.2) is 23.8 Å². The van der Waals surface area contributed by atoms with Crippen LogP contribution in [0.1, 0.15) is 53.4 Å². The third-order valence-electron chi connectivity index (χ3n) is 2.35. The van der Waals surface area contributed by atoms with Gasteiger partial charge in [-0.05, 0) is 25.3 Å². The molecule has 0 aliphatic carbocycles. The molecular weight excluding hydrogens is 216 g/mol. The number of rotatable bonds is 7. The Kier molecular flexibility index (Phi) is 14.2. The van der Waals surface area contributed by atoms with Crippen molar-refractivity contribution < 1.29 is 14.7 Å². The molecule has 3 heteroatoms. The van der Waals surface area contributed by atoms with Crippen molar-refractivity contribution in [3.05, 3.63) is 11.6 Å². The largest absolute Gasteiger partial charge is 0.392 e. The summed E-state index contributed by atoms with van der Waals surface area (Å²) in [6, 6.07) is 0. The maximum Gasteiger partial charge on any atom is 0.145 e. The minimum atomic E-state index is -0.438. The summed E-state index contributed by atoms with van der Waals surface area (Å²) in [6.07, 6.45) is 6.98. The van der Waals surface area contributed by atoms with Gasteiger partial charge in [0.15, 0.2) is 0 Å². The van der Waals surface area contributed by atoms with E-state index in [0.717, 1.165) is 43.8 Å². The lowest BCUT2D eigenvalue weighted by Gasteiger charge is -2.10. The minimum absolute atomic E-state index is 0.204. The first-order valence-electron chi connectivity index (χ1n) is 6.28. The van der Waals surface area contributed by atoms with Crippen LogP contribution < -0.4 is 0 Å². The fourth-order valence-corrected chi connectivity index (χ4v) is 1.07. The van der Waals surface area contributed by atoms with E-state index in [1.165, 1.54) is 0 Å². The fraction of sp³-hybridized carbons (Fsp3) is 0.714. The second kappa shape index (κ2) is 13.1. The Bertz CT molecular complexity index is 222. The summed E-state index contributed by atoms with van der Waals surface area (Å²) in [5.74, 6) is -0.204. The number of carbonyl (C=O) groups excluding carboxylic acids is 2. The zero-order valence-corrected chi connectivity index (χ0v) is 11.5. The number of hydrogen-bond donors (Lipinski definition) is 1. The van der Waals surface area contributed by atoms with E-state index >= 15 is 0 Å². The van der Waals surface area contributed by atoms with E-state index in [0.29, 0.717) is 0 Å². The summed E-state index contributed by atoms with van der Waals surface area (Å²) < 4.78 is 0. The second-order valence-electron chi connectivity index (χ2n) is 4.21. The van der Waals surface area contributed by atoms with Gasteiger partial charge in [-0.15, -0.1) is 0 Å². The highest BCUT2D eigenvalue weighted by Crippen LogP contribution is 2.05. The van der Waals surface area contributed by atoms with Crippen molar-refractivity contribution in [2.45, 2.75) is 59.5 Å². The quantitative estimate of drug-likeness (QED) is 0.551. The van der Waals surface area contributed by atoms with E-state index in [1.807, 2.05) is 19.9 Å². The van der Waals surface area contributed by atoms with Crippen LogP contribution in [0.2, 0.25) is 0 Å². The van der Waals surface area contributed by atoms with Gasteiger partial charge < -0.3 is 9.90 Å². The first-order valence-corrected chi connectivity index (χ1v) is 6.28. The van der Waals surface area contributed by atoms with Crippen molar-refractivity contribution in [3.8, 4) is 0 Å². The van der Waals surface area contributed by atoms with Crippen LogP contribution in [0.5, 0.6) is 0 Å². The highest BCUT2D eigenvalue weighted by atomic mass is 16.3. The maximum absolute atomic E-state index is 10.1. The lowest BCUT2D eigenvalue weighted by atomic mass is 10.0. The predicted molar refractivity (Wildman–Crippen MR) is 70.9 cm³/mol. The van der Waals surface area contributed by atoms with Crippen LogP contribution in [0.15, 0.2) is 11.6 Å². The average molecular weight is 242 g/mol. The molecule has 0 fully saturated rings. The second-order valence-corrected chi connectivity index (χ2v) is 4.21. The topological polar surface area (TPSA) is 54.4 Å². The van der Waals surface area contributed by atoms with Crippen LogP contribution in [0.25, 0.3) is 0 Å². The number of carbonyl (C=O) groups is 2. The predicted octanol–water partition coefficient (Wildman–Crippen LogP) is 2.91. The fourth-order valence-electron chi connectivity index (χ4n) is 1.07. The van der Waals surface area contributed by atoms with Crippen molar-refractivity contribution in [3.63, 3.8) is 0 Å². The standard InChI is InChI=1S/C7H14O2.C7H12O/c1-3-4-7(9)6(2)5-8;1-3-4-5-7(2)6-8/h5-7,9H,3-4H2,1-2H3;5-6H,3-4H2,1-2H3/b;7-5+. The summed E-state index contributed by atoms with van der Waals surface area (Å²) in [7, 11) is 0. The molecule has 0 aliphatic heterocycles. The van der Waals surface area contributed by atoms with E-state index in [1.54, 1.807) is 6.92 Å². The molecule has 3 nitrogen and oxygen atoms in total. The highest BCUT2D eigenvalue weighted by Gasteiger charge is 2.10. The molecule has 0 amide bonds. The first kappa shape index (κ1) is 18.4. The Labute approximate surface area is 105 Å². The Balaban J connectivity index is 0. The van der Waals surface area contributed by atoms with Crippen molar-refractivity contribution in [1.82, 2.24) is 0 Å². The van der Waals surface area contributed by atoms with Gasteiger partial charge >= 0.3 is 0 Å². The van der Waals surface area contributed by atoms with Crippen LogP contribution in [0.3, 0.4) is 0 Å².